The van der Waals surface area contributed by atoms with E-state index in [2.05, 4.69) is 5.32 Å². The molecule has 14 heavy (non-hydrogen) atoms. The zero-order valence-electron chi connectivity index (χ0n) is 8.54. The van der Waals surface area contributed by atoms with E-state index in [4.69, 9.17) is 4.74 Å². The first-order valence-electron chi connectivity index (χ1n) is 4.68. The number of alkyl carbamates (subject to hydrolysis) is 1. The topological polar surface area (TPSA) is 38.3 Å². The van der Waals surface area contributed by atoms with Gasteiger partial charge in [-0.15, -0.1) is 0 Å². The van der Waals surface area contributed by atoms with Gasteiger partial charge in [0, 0.05) is 6.54 Å². The molecule has 1 N–H and O–H groups in total. The summed E-state index contributed by atoms with van der Waals surface area (Å²) in [5.74, 6) is 0. The molecule has 0 fully saturated rings. The molecule has 0 heterocycles. The van der Waals surface area contributed by atoms with Gasteiger partial charge in [0.1, 0.15) is 0 Å². The summed E-state index contributed by atoms with van der Waals surface area (Å²) in [5, 5.41) is 2.66. The molecule has 0 aliphatic carbocycles. The lowest BCUT2D eigenvalue weighted by atomic mass is 10.1. The fourth-order valence-electron chi connectivity index (χ4n) is 1.06. The van der Waals surface area contributed by atoms with Crippen LogP contribution in [0.5, 0.6) is 0 Å². The highest BCUT2D eigenvalue weighted by atomic mass is 16.5. The van der Waals surface area contributed by atoms with Crippen LogP contribution in [0.4, 0.5) is 4.79 Å². The first-order chi connectivity index (χ1) is 6.72. The molecule has 0 aliphatic rings. The summed E-state index contributed by atoms with van der Waals surface area (Å²) in [6.45, 7) is 4.73. The number of aryl methyl sites for hydroxylation is 1. The lowest BCUT2D eigenvalue weighted by molar-refractivity contribution is 0.151. The van der Waals surface area contributed by atoms with Gasteiger partial charge in [-0.25, -0.2) is 4.79 Å². The zero-order valence-corrected chi connectivity index (χ0v) is 8.54. The van der Waals surface area contributed by atoms with Crippen molar-refractivity contribution in [3.63, 3.8) is 0 Å². The van der Waals surface area contributed by atoms with Crippen LogP contribution >= 0.6 is 0 Å². The Morgan fingerprint density at radius 2 is 2.00 bits per heavy atom. The maximum Gasteiger partial charge on any atom is 0.407 e. The van der Waals surface area contributed by atoms with Crippen LogP contribution in [-0.2, 0) is 11.3 Å². The molecule has 1 aromatic rings. The van der Waals surface area contributed by atoms with Gasteiger partial charge < -0.3 is 10.1 Å². The fraction of sp³-hybridized carbons (Fsp3) is 0.364. The van der Waals surface area contributed by atoms with Gasteiger partial charge in [0.2, 0.25) is 0 Å². The smallest absolute Gasteiger partial charge is 0.407 e. The number of rotatable bonds is 3. The molecular formula is C11H15NO2. The minimum atomic E-state index is -0.368. The van der Waals surface area contributed by atoms with Crippen LogP contribution < -0.4 is 5.32 Å². The Hall–Kier alpha value is -1.51. The number of hydrogen-bond donors (Lipinski definition) is 1. The number of amides is 1. The second-order valence-electron chi connectivity index (χ2n) is 3.06. The Morgan fingerprint density at radius 3 is 2.57 bits per heavy atom. The summed E-state index contributed by atoms with van der Waals surface area (Å²) in [7, 11) is 0. The van der Waals surface area contributed by atoms with Crippen LogP contribution in [0, 0.1) is 6.92 Å². The SMILES string of the molecule is CCOC(=O)NCc1ccc(C)cc1. The highest BCUT2D eigenvalue weighted by molar-refractivity contribution is 5.67. The normalized spacial score (nSPS) is 9.57. The number of carbonyl (C=O) groups excluding carboxylic acids is 1. The monoisotopic (exact) mass is 193 g/mol. The van der Waals surface area contributed by atoms with Gasteiger partial charge in [0.25, 0.3) is 0 Å². The Kier molecular flexibility index (Phi) is 3.98. The van der Waals surface area contributed by atoms with E-state index >= 15 is 0 Å². The van der Waals surface area contributed by atoms with Gasteiger partial charge in [-0.2, -0.15) is 0 Å². The third kappa shape index (κ3) is 3.47. The maximum absolute atomic E-state index is 10.9. The van der Waals surface area contributed by atoms with Crippen molar-refractivity contribution in [1.29, 1.82) is 0 Å². The first-order valence-corrected chi connectivity index (χ1v) is 4.68. The van der Waals surface area contributed by atoms with Crippen molar-refractivity contribution in [2.45, 2.75) is 20.4 Å². The van der Waals surface area contributed by atoms with Crippen molar-refractivity contribution in [3.8, 4) is 0 Å². The van der Waals surface area contributed by atoms with Crippen molar-refractivity contribution >= 4 is 6.09 Å². The Balaban J connectivity index is 2.38. The third-order valence-corrected chi connectivity index (χ3v) is 1.83. The van der Waals surface area contributed by atoms with E-state index in [0.29, 0.717) is 13.2 Å². The fourth-order valence-corrected chi connectivity index (χ4v) is 1.06. The van der Waals surface area contributed by atoms with Crippen LogP contribution in [0.25, 0.3) is 0 Å². The van der Waals surface area contributed by atoms with Crippen LogP contribution in [0.1, 0.15) is 18.1 Å². The zero-order chi connectivity index (χ0) is 10.4. The molecule has 3 nitrogen and oxygen atoms in total. The molecule has 3 heteroatoms. The number of carbonyl (C=O) groups is 1. The van der Waals surface area contributed by atoms with Crippen molar-refractivity contribution in [1.82, 2.24) is 5.32 Å². The summed E-state index contributed by atoms with van der Waals surface area (Å²) in [5.41, 5.74) is 2.29. The molecule has 1 aromatic carbocycles. The maximum atomic E-state index is 10.9. The average molecular weight is 193 g/mol. The molecule has 0 bridgehead atoms. The molecule has 76 valence electrons. The Labute approximate surface area is 84.1 Å². The van der Waals surface area contributed by atoms with E-state index in [-0.39, 0.29) is 6.09 Å². The molecule has 0 spiro atoms. The van der Waals surface area contributed by atoms with Crippen molar-refractivity contribution < 1.29 is 9.53 Å². The van der Waals surface area contributed by atoms with E-state index in [1.165, 1.54) is 5.56 Å². The number of nitrogens with one attached hydrogen (secondary N) is 1. The predicted octanol–water partition coefficient (Wildman–Crippen LogP) is 2.24. The summed E-state index contributed by atoms with van der Waals surface area (Å²) < 4.78 is 4.74. The van der Waals surface area contributed by atoms with E-state index in [0.717, 1.165) is 5.56 Å². The lowest BCUT2D eigenvalue weighted by Crippen LogP contribution is -2.23. The van der Waals surface area contributed by atoms with E-state index in [1.807, 2.05) is 31.2 Å². The molecule has 0 saturated heterocycles. The van der Waals surface area contributed by atoms with Gasteiger partial charge in [-0.3, -0.25) is 0 Å². The molecule has 0 atom stereocenters. The molecule has 0 aliphatic heterocycles. The highest BCUT2D eigenvalue weighted by Gasteiger charge is 1.99. The molecule has 0 unspecified atom stereocenters. The van der Waals surface area contributed by atoms with Crippen molar-refractivity contribution in [2.24, 2.45) is 0 Å². The van der Waals surface area contributed by atoms with Crippen LogP contribution in [0.3, 0.4) is 0 Å². The van der Waals surface area contributed by atoms with E-state index < -0.39 is 0 Å². The molecule has 0 saturated carbocycles. The van der Waals surface area contributed by atoms with Crippen LogP contribution in [0.2, 0.25) is 0 Å². The quantitative estimate of drug-likeness (QED) is 0.799. The highest BCUT2D eigenvalue weighted by Crippen LogP contribution is 2.02. The van der Waals surface area contributed by atoms with Crippen LogP contribution in [0.15, 0.2) is 24.3 Å². The minimum absolute atomic E-state index is 0.368. The Bertz CT molecular complexity index is 293. The number of ether oxygens (including phenoxy) is 1. The summed E-state index contributed by atoms with van der Waals surface area (Å²) in [6.07, 6.45) is -0.368. The molecule has 0 aromatic heterocycles. The molecular weight excluding hydrogens is 178 g/mol. The number of hydrogen-bond acceptors (Lipinski definition) is 2. The van der Waals surface area contributed by atoms with E-state index in [9.17, 15) is 4.79 Å². The van der Waals surface area contributed by atoms with E-state index in [1.54, 1.807) is 6.92 Å². The predicted molar refractivity (Wildman–Crippen MR) is 55.0 cm³/mol. The third-order valence-electron chi connectivity index (χ3n) is 1.83. The van der Waals surface area contributed by atoms with Crippen molar-refractivity contribution in [3.05, 3.63) is 35.4 Å². The lowest BCUT2D eigenvalue weighted by Gasteiger charge is -2.05. The standard InChI is InChI=1S/C11H15NO2/c1-3-14-11(13)12-8-10-6-4-9(2)5-7-10/h4-7H,3,8H2,1-2H3,(H,12,13). The molecule has 1 amide bonds. The van der Waals surface area contributed by atoms with Crippen molar-refractivity contribution in [2.75, 3.05) is 6.61 Å². The summed E-state index contributed by atoms with van der Waals surface area (Å²) in [4.78, 5) is 10.9. The van der Waals surface area contributed by atoms with Gasteiger partial charge in [0.05, 0.1) is 6.61 Å². The van der Waals surface area contributed by atoms with Gasteiger partial charge in [0.15, 0.2) is 0 Å². The molecule has 0 radical (unpaired) electrons. The second kappa shape index (κ2) is 5.27. The largest absolute Gasteiger partial charge is 0.450 e. The second-order valence-corrected chi connectivity index (χ2v) is 3.06. The summed E-state index contributed by atoms with van der Waals surface area (Å²) >= 11 is 0. The van der Waals surface area contributed by atoms with Gasteiger partial charge in [-0.05, 0) is 19.4 Å². The van der Waals surface area contributed by atoms with Crippen LogP contribution in [-0.4, -0.2) is 12.7 Å². The van der Waals surface area contributed by atoms with Gasteiger partial charge in [-0.1, -0.05) is 29.8 Å². The molecule has 1 rings (SSSR count). The average Bonchev–Trinajstić information content (AvgIpc) is 2.17. The number of benzene rings is 1. The summed E-state index contributed by atoms with van der Waals surface area (Å²) in [6, 6.07) is 8.01. The minimum Gasteiger partial charge on any atom is -0.450 e. The first kappa shape index (κ1) is 10.6. The Morgan fingerprint density at radius 1 is 1.36 bits per heavy atom. The van der Waals surface area contributed by atoms with Gasteiger partial charge >= 0.3 is 6.09 Å².